The summed E-state index contributed by atoms with van der Waals surface area (Å²) >= 11 is 0. The summed E-state index contributed by atoms with van der Waals surface area (Å²) in [6, 6.07) is 5.57. The van der Waals surface area contributed by atoms with Gasteiger partial charge in [0.15, 0.2) is 0 Å². The molecule has 0 radical (unpaired) electrons. The topological polar surface area (TPSA) is 38.1 Å². The SMILES string of the molecule is C=N/C=C(\Cc1ncccn1)C1CC1c1cc(C)c(C)c(F)c1. The Morgan fingerprint density at radius 3 is 2.74 bits per heavy atom. The number of rotatable bonds is 5. The lowest BCUT2D eigenvalue weighted by molar-refractivity contribution is 0.614. The standard InChI is InChI=1S/C19H20FN3/c1-12-7-14(8-18(20)13(12)2)16-10-17(16)15(11-21-3)9-19-22-5-4-6-23-19/h4-8,11,16-17H,3,9-10H2,1-2H3/b15-11+. The third-order valence-electron chi connectivity index (χ3n) is 4.56. The molecule has 1 aliphatic carbocycles. The fraction of sp³-hybridized carbons (Fsp3) is 0.316. The molecule has 1 saturated carbocycles. The summed E-state index contributed by atoms with van der Waals surface area (Å²) in [5, 5.41) is 0. The fourth-order valence-corrected chi connectivity index (χ4v) is 3.02. The molecule has 1 aliphatic rings. The van der Waals surface area contributed by atoms with Crippen LogP contribution in [0.3, 0.4) is 0 Å². The summed E-state index contributed by atoms with van der Waals surface area (Å²) in [7, 11) is 0. The molecule has 0 spiro atoms. The van der Waals surface area contributed by atoms with Gasteiger partial charge in [-0.1, -0.05) is 6.07 Å². The number of aromatic nitrogens is 2. The van der Waals surface area contributed by atoms with Crippen LogP contribution in [0.2, 0.25) is 0 Å². The second-order valence-electron chi connectivity index (χ2n) is 6.12. The molecule has 1 aromatic carbocycles. The molecular weight excluding hydrogens is 289 g/mol. The molecule has 2 unspecified atom stereocenters. The van der Waals surface area contributed by atoms with Gasteiger partial charge in [0.25, 0.3) is 0 Å². The van der Waals surface area contributed by atoms with Gasteiger partial charge in [0.1, 0.15) is 11.6 Å². The summed E-state index contributed by atoms with van der Waals surface area (Å²) in [5.74, 6) is 1.37. The maximum absolute atomic E-state index is 14.0. The van der Waals surface area contributed by atoms with Crippen molar-refractivity contribution in [2.75, 3.05) is 0 Å². The Kier molecular flexibility index (Phi) is 4.33. The van der Waals surface area contributed by atoms with E-state index in [-0.39, 0.29) is 5.82 Å². The number of hydrogen-bond acceptors (Lipinski definition) is 3. The molecule has 0 bridgehead atoms. The Balaban J connectivity index is 1.79. The summed E-state index contributed by atoms with van der Waals surface area (Å²) < 4.78 is 14.0. The van der Waals surface area contributed by atoms with Gasteiger partial charge in [-0.05, 0) is 73.2 Å². The zero-order valence-corrected chi connectivity index (χ0v) is 13.5. The molecule has 1 heterocycles. The van der Waals surface area contributed by atoms with Gasteiger partial charge in [-0.3, -0.25) is 4.99 Å². The number of nitrogens with zero attached hydrogens (tertiary/aromatic N) is 3. The van der Waals surface area contributed by atoms with E-state index in [0.29, 0.717) is 18.3 Å². The molecule has 0 N–H and O–H groups in total. The van der Waals surface area contributed by atoms with Crippen molar-refractivity contribution in [3.05, 3.63) is 70.7 Å². The molecule has 4 heteroatoms. The van der Waals surface area contributed by atoms with E-state index >= 15 is 0 Å². The van der Waals surface area contributed by atoms with E-state index in [1.54, 1.807) is 30.7 Å². The van der Waals surface area contributed by atoms with E-state index in [2.05, 4.69) is 27.7 Å². The van der Waals surface area contributed by atoms with E-state index in [0.717, 1.165) is 34.5 Å². The molecule has 23 heavy (non-hydrogen) atoms. The fourth-order valence-electron chi connectivity index (χ4n) is 3.02. The summed E-state index contributed by atoms with van der Waals surface area (Å²) in [4.78, 5) is 12.5. The van der Waals surface area contributed by atoms with Crippen LogP contribution < -0.4 is 0 Å². The van der Waals surface area contributed by atoms with Crippen molar-refractivity contribution in [2.24, 2.45) is 10.9 Å². The molecular formula is C19H20FN3. The maximum atomic E-state index is 14.0. The molecule has 3 nitrogen and oxygen atoms in total. The molecule has 2 atom stereocenters. The van der Waals surface area contributed by atoms with E-state index in [1.807, 2.05) is 13.8 Å². The highest BCUT2D eigenvalue weighted by molar-refractivity contribution is 5.39. The van der Waals surface area contributed by atoms with Gasteiger partial charge >= 0.3 is 0 Å². The predicted octanol–water partition coefficient (Wildman–Crippen LogP) is 4.16. The highest BCUT2D eigenvalue weighted by atomic mass is 19.1. The second kappa shape index (κ2) is 6.41. The second-order valence-corrected chi connectivity index (χ2v) is 6.12. The molecule has 1 fully saturated rings. The zero-order chi connectivity index (χ0) is 16.4. The normalized spacial score (nSPS) is 20.4. The van der Waals surface area contributed by atoms with E-state index < -0.39 is 0 Å². The first-order valence-electron chi connectivity index (χ1n) is 7.77. The van der Waals surface area contributed by atoms with Crippen molar-refractivity contribution < 1.29 is 4.39 Å². The molecule has 1 aromatic heterocycles. The minimum absolute atomic E-state index is 0.121. The van der Waals surface area contributed by atoms with Gasteiger partial charge in [-0.25, -0.2) is 14.4 Å². The molecule has 0 aliphatic heterocycles. The molecule has 3 rings (SSSR count). The molecule has 2 aromatic rings. The van der Waals surface area contributed by atoms with Gasteiger partial charge in [-0.2, -0.15) is 0 Å². The maximum Gasteiger partial charge on any atom is 0.132 e. The number of allylic oxidation sites excluding steroid dienone is 1. The van der Waals surface area contributed by atoms with Crippen LogP contribution in [-0.4, -0.2) is 16.7 Å². The Bertz CT molecular complexity index is 729. The average Bonchev–Trinajstić information content (AvgIpc) is 3.33. The molecule has 0 amide bonds. The zero-order valence-electron chi connectivity index (χ0n) is 13.5. The lowest BCUT2D eigenvalue weighted by Crippen LogP contribution is -2.00. The van der Waals surface area contributed by atoms with Crippen LogP contribution in [-0.2, 0) is 6.42 Å². The van der Waals surface area contributed by atoms with Crippen LogP contribution in [0, 0.1) is 25.6 Å². The third-order valence-corrected chi connectivity index (χ3v) is 4.56. The van der Waals surface area contributed by atoms with Gasteiger partial charge in [-0.15, -0.1) is 0 Å². The van der Waals surface area contributed by atoms with Gasteiger partial charge in [0, 0.05) is 25.0 Å². The Hall–Kier alpha value is -2.36. The van der Waals surface area contributed by atoms with Crippen molar-refractivity contribution in [3.63, 3.8) is 0 Å². The quantitative estimate of drug-likeness (QED) is 0.778. The van der Waals surface area contributed by atoms with Crippen LogP contribution in [0.4, 0.5) is 4.39 Å². The van der Waals surface area contributed by atoms with Crippen molar-refractivity contribution in [2.45, 2.75) is 32.6 Å². The monoisotopic (exact) mass is 309 g/mol. The summed E-state index contributed by atoms with van der Waals surface area (Å²) in [5.41, 5.74) is 3.96. The number of hydrogen-bond donors (Lipinski definition) is 0. The van der Waals surface area contributed by atoms with Gasteiger partial charge < -0.3 is 0 Å². The van der Waals surface area contributed by atoms with Crippen molar-refractivity contribution in [1.29, 1.82) is 0 Å². The smallest absolute Gasteiger partial charge is 0.132 e. The van der Waals surface area contributed by atoms with Gasteiger partial charge in [0.05, 0.1) is 0 Å². The minimum Gasteiger partial charge on any atom is -0.273 e. The Morgan fingerprint density at radius 2 is 2.09 bits per heavy atom. The van der Waals surface area contributed by atoms with Gasteiger partial charge in [0.2, 0.25) is 0 Å². The first-order valence-corrected chi connectivity index (χ1v) is 7.77. The van der Waals surface area contributed by atoms with Crippen LogP contribution >= 0.6 is 0 Å². The van der Waals surface area contributed by atoms with E-state index in [4.69, 9.17) is 0 Å². The number of halogens is 1. The third kappa shape index (κ3) is 3.36. The average molecular weight is 309 g/mol. The van der Waals surface area contributed by atoms with Crippen molar-refractivity contribution in [3.8, 4) is 0 Å². The summed E-state index contributed by atoms with van der Waals surface area (Å²) in [6.07, 6.45) is 6.96. The van der Waals surface area contributed by atoms with Crippen molar-refractivity contribution in [1.82, 2.24) is 9.97 Å². The number of benzene rings is 1. The lowest BCUT2D eigenvalue weighted by atomic mass is 9.99. The summed E-state index contributed by atoms with van der Waals surface area (Å²) in [6.45, 7) is 7.34. The van der Waals surface area contributed by atoms with Crippen LogP contribution in [0.5, 0.6) is 0 Å². The Morgan fingerprint density at radius 1 is 1.35 bits per heavy atom. The number of aliphatic imine (C=N–C) groups is 1. The lowest BCUT2D eigenvalue weighted by Gasteiger charge is -2.08. The first-order chi connectivity index (χ1) is 11.1. The van der Waals surface area contributed by atoms with Crippen molar-refractivity contribution >= 4 is 6.72 Å². The van der Waals surface area contributed by atoms with E-state index in [9.17, 15) is 4.39 Å². The molecule has 118 valence electrons. The van der Waals surface area contributed by atoms with Crippen LogP contribution in [0.25, 0.3) is 0 Å². The largest absolute Gasteiger partial charge is 0.273 e. The minimum atomic E-state index is -0.121. The number of aryl methyl sites for hydroxylation is 1. The molecule has 0 saturated heterocycles. The van der Waals surface area contributed by atoms with Crippen LogP contribution in [0.1, 0.15) is 34.9 Å². The van der Waals surface area contributed by atoms with Crippen LogP contribution in [0.15, 0.2) is 47.4 Å². The highest BCUT2D eigenvalue weighted by Gasteiger charge is 2.41. The Labute approximate surface area is 136 Å². The highest BCUT2D eigenvalue weighted by Crippen LogP contribution is 2.52. The van der Waals surface area contributed by atoms with E-state index in [1.165, 1.54) is 0 Å². The first kappa shape index (κ1) is 15.5. The predicted molar refractivity (Wildman–Crippen MR) is 90.1 cm³/mol.